The monoisotopic (exact) mass is 257 g/mol. The van der Waals surface area contributed by atoms with Crippen LogP contribution in [0, 0.1) is 0 Å². The molecule has 6 nitrogen and oxygen atoms in total. The Labute approximate surface area is 100 Å². The minimum atomic E-state index is -3.06. The summed E-state index contributed by atoms with van der Waals surface area (Å²) in [5.41, 5.74) is 6.69. The fourth-order valence-corrected chi connectivity index (χ4v) is 1.56. The molecule has 0 aliphatic heterocycles. The fraction of sp³-hybridized carbons (Fsp3) is 0.300. The lowest BCUT2D eigenvalue weighted by atomic mass is 10.3. The first-order chi connectivity index (χ1) is 7.87. The van der Waals surface area contributed by atoms with E-state index in [9.17, 15) is 13.2 Å². The van der Waals surface area contributed by atoms with E-state index in [-0.39, 0.29) is 12.3 Å². The van der Waals surface area contributed by atoms with Crippen LogP contribution in [-0.4, -0.2) is 33.0 Å². The van der Waals surface area contributed by atoms with Crippen molar-refractivity contribution in [3.63, 3.8) is 0 Å². The molecule has 1 rings (SSSR count). The van der Waals surface area contributed by atoms with Crippen LogP contribution in [-0.2, 0) is 9.84 Å². The van der Waals surface area contributed by atoms with E-state index in [1.807, 2.05) is 0 Å². The van der Waals surface area contributed by atoms with E-state index in [4.69, 9.17) is 5.73 Å². The number of rotatable bonds is 4. The van der Waals surface area contributed by atoms with E-state index in [2.05, 4.69) is 10.6 Å². The molecule has 0 spiro atoms. The van der Waals surface area contributed by atoms with Crippen molar-refractivity contribution in [2.24, 2.45) is 0 Å². The van der Waals surface area contributed by atoms with Crippen LogP contribution in [0.2, 0.25) is 0 Å². The molecule has 0 saturated carbocycles. The van der Waals surface area contributed by atoms with Gasteiger partial charge < -0.3 is 16.4 Å². The molecule has 0 atom stereocenters. The number of anilines is 2. The van der Waals surface area contributed by atoms with Gasteiger partial charge in [0.1, 0.15) is 9.84 Å². The molecule has 7 heteroatoms. The highest BCUT2D eigenvalue weighted by atomic mass is 32.2. The van der Waals surface area contributed by atoms with Crippen molar-refractivity contribution >= 4 is 27.2 Å². The van der Waals surface area contributed by atoms with Gasteiger partial charge in [0.15, 0.2) is 0 Å². The lowest BCUT2D eigenvalue weighted by Gasteiger charge is -2.07. The van der Waals surface area contributed by atoms with Gasteiger partial charge in [0, 0.05) is 24.2 Å². The van der Waals surface area contributed by atoms with Gasteiger partial charge in [0.25, 0.3) is 0 Å². The summed E-state index contributed by atoms with van der Waals surface area (Å²) in [6.07, 6.45) is 1.12. The van der Waals surface area contributed by atoms with Crippen molar-refractivity contribution in [2.75, 3.05) is 29.6 Å². The van der Waals surface area contributed by atoms with Crippen LogP contribution >= 0.6 is 0 Å². The Kier molecular flexibility index (Phi) is 4.33. The van der Waals surface area contributed by atoms with Crippen LogP contribution in [0.3, 0.4) is 0 Å². The van der Waals surface area contributed by atoms with Crippen LogP contribution in [0.25, 0.3) is 0 Å². The van der Waals surface area contributed by atoms with Crippen molar-refractivity contribution < 1.29 is 13.2 Å². The molecule has 0 aromatic heterocycles. The zero-order valence-corrected chi connectivity index (χ0v) is 10.3. The molecule has 94 valence electrons. The molecule has 4 N–H and O–H groups in total. The predicted molar refractivity (Wildman–Crippen MR) is 67.6 cm³/mol. The Morgan fingerprint density at radius 2 is 1.88 bits per heavy atom. The quantitative estimate of drug-likeness (QED) is 0.681. The van der Waals surface area contributed by atoms with E-state index in [0.29, 0.717) is 11.4 Å². The number of hydrogen-bond acceptors (Lipinski definition) is 4. The number of nitrogens with one attached hydrogen (secondary N) is 2. The molecule has 0 aliphatic carbocycles. The summed E-state index contributed by atoms with van der Waals surface area (Å²) in [5.74, 6) is -0.0812. The Bertz CT molecular complexity index is 482. The van der Waals surface area contributed by atoms with E-state index in [1.165, 1.54) is 0 Å². The summed E-state index contributed by atoms with van der Waals surface area (Å²) in [4.78, 5) is 11.3. The van der Waals surface area contributed by atoms with Crippen LogP contribution in [0.5, 0.6) is 0 Å². The highest BCUT2D eigenvalue weighted by Crippen LogP contribution is 2.09. The SMILES string of the molecule is CS(=O)(=O)CCNC(=O)Nc1ccc(N)cc1. The van der Waals surface area contributed by atoms with E-state index in [1.54, 1.807) is 24.3 Å². The van der Waals surface area contributed by atoms with Gasteiger partial charge in [-0.2, -0.15) is 0 Å². The first kappa shape index (κ1) is 13.3. The maximum atomic E-state index is 11.3. The minimum Gasteiger partial charge on any atom is -0.399 e. The second-order valence-corrected chi connectivity index (χ2v) is 5.89. The van der Waals surface area contributed by atoms with E-state index < -0.39 is 15.9 Å². The summed E-state index contributed by atoms with van der Waals surface area (Å²) in [6.45, 7) is 0.0830. The molecule has 2 amide bonds. The van der Waals surface area contributed by atoms with Gasteiger partial charge >= 0.3 is 6.03 Å². The summed E-state index contributed by atoms with van der Waals surface area (Å²) >= 11 is 0. The maximum Gasteiger partial charge on any atom is 0.319 e. The van der Waals surface area contributed by atoms with Crippen molar-refractivity contribution in [2.45, 2.75) is 0 Å². The molecule has 1 aromatic rings. The molecule has 0 saturated heterocycles. The fourth-order valence-electron chi connectivity index (χ4n) is 1.09. The lowest BCUT2D eigenvalue weighted by Crippen LogP contribution is -2.32. The molecule has 0 radical (unpaired) electrons. The topological polar surface area (TPSA) is 101 Å². The second-order valence-electron chi connectivity index (χ2n) is 3.63. The molecule has 17 heavy (non-hydrogen) atoms. The summed E-state index contributed by atoms with van der Waals surface area (Å²) in [7, 11) is -3.06. The Hall–Kier alpha value is -1.76. The maximum absolute atomic E-state index is 11.3. The first-order valence-corrected chi connectivity index (χ1v) is 7.01. The molecular formula is C10H15N3O3S. The highest BCUT2D eigenvalue weighted by Gasteiger charge is 2.04. The average molecular weight is 257 g/mol. The van der Waals surface area contributed by atoms with E-state index in [0.717, 1.165) is 6.26 Å². The Morgan fingerprint density at radius 1 is 1.29 bits per heavy atom. The van der Waals surface area contributed by atoms with Crippen LogP contribution in [0.4, 0.5) is 16.2 Å². The number of carbonyl (C=O) groups excluding carboxylic acids is 1. The van der Waals surface area contributed by atoms with Gasteiger partial charge in [-0.1, -0.05) is 0 Å². The van der Waals surface area contributed by atoms with Gasteiger partial charge in [0.2, 0.25) is 0 Å². The standard InChI is InChI=1S/C10H15N3O3S/c1-17(15,16)7-6-12-10(14)13-9-4-2-8(11)3-5-9/h2-5H,6-7,11H2,1H3,(H2,12,13,14). The van der Waals surface area contributed by atoms with Crippen molar-refractivity contribution in [1.29, 1.82) is 0 Å². The zero-order chi connectivity index (χ0) is 12.9. The second kappa shape index (κ2) is 5.53. The molecule has 0 fully saturated rings. The number of nitrogens with two attached hydrogens (primary N) is 1. The molecule has 0 bridgehead atoms. The van der Waals surface area contributed by atoms with E-state index >= 15 is 0 Å². The number of nitrogen functional groups attached to an aromatic ring is 1. The Balaban J connectivity index is 2.37. The number of sulfone groups is 1. The summed E-state index contributed by atoms with van der Waals surface area (Å²) in [6, 6.07) is 6.19. The van der Waals surface area contributed by atoms with Gasteiger partial charge in [0.05, 0.1) is 5.75 Å². The molecule has 0 aliphatic rings. The van der Waals surface area contributed by atoms with Crippen molar-refractivity contribution in [3.8, 4) is 0 Å². The number of carbonyl (C=O) groups is 1. The van der Waals surface area contributed by atoms with Crippen molar-refractivity contribution in [1.82, 2.24) is 5.32 Å². The van der Waals surface area contributed by atoms with Crippen LogP contribution in [0.15, 0.2) is 24.3 Å². The van der Waals surface area contributed by atoms with Crippen molar-refractivity contribution in [3.05, 3.63) is 24.3 Å². The normalized spacial score (nSPS) is 10.9. The predicted octanol–water partition coefficient (Wildman–Crippen LogP) is 0.435. The van der Waals surface area contributed by atoms with Gasteiger partial charge in [-0.25, -0.2) is 13.2 Å². The molecule has 1 aromatic carbocycles. The first-order valence-electron chi connectivity index (χ1n) is 4.95. The van der Waals surface area contributed by atoms with Gasteiger partial charge in [-0.05, 0) is 24.3 Å². The molecule has 0 unspecified atom stereocenters. The summed E-state index contributed by atoms with van der Waals surface area (Å²) < 4.78 is 21.6. The van der Waals surface area contributed by atoms with Gasteiger partial charge in [-0.3, -0.25) is 0 Å². The number of hydrogen-bond donors (Lipinski definition) is 3. The highest BCUT2D eigenvalue weighted by molar-refractivity contribution is 7.90. The number of amides is 2. The number of benzene rings is 1. The van der Waals surface area contributed by atoms with Crippen LogP contribution in [0.1, 0.15) is 0 Å². The third-order valence-electron chi connectivity index (χ3n) is 1.93. The largest absolute Gasteiger partial charge is 0.399 e. The average Bonchev–Trinajstić information content (AvgIpc) is 2.19. The molecule has 0 heterocycles. The smallest absolute Gasteiger partial charge is 0.319 e. The van der Waals surface area contributed by atoms with Crippen LogP contribution < -0.4 is 16.4 Å². The number of urea groups is 1. The van der Waals surface area contributed by atoms with Gasteiger partial charge in [-0.15, -0.1) is 0 Å². The lowest BCUT2D eigenvalue weighted by molar-refractivity contribution is 0.252. The summed E-state index contributed by atoms with van der Waals surface area (Å²) in [5, 5.41) is 5.00. The third kappa shape index (κ3) is 5.76. The minimum absolute atomic E-state index is 0.0812. The zero-order valence-electron chi connectivity index (χ0n) is 9.43. The third-order valence-corrected chi connectivity index (χ3v) is 2.87. The molecular weight excluding hydrogens is 242 g/mol. The Morgan fingerprint density at radius 3 is 2.41 bits per heavy atom.